The van der Waals surface area contributed by atoms with E-state index in [1.807, 2.05) is 0 Å². The van der Waals surface area contributed by atoms with Gasteiger partial charge in [0, 0.05) is 11.5 Å². The number of hydrogen-bond donors (Lipinski definition) is 2. The Morgan fingerprint density at radius 1 is 1.53 bits per heavy atom. The molecule has 1 unspecified atom stereocenters. The van der Waals surface area contributed by atoms with Gasteiger partial charge in [0.15, 0.2) is 0 Å². The highest BCUT2D eigenvalue weighted by Gasteiger charge is 2.35. The van der Waals surface area contributed by atoms with Crippen molar-refractivity contribution in [1.82, 2.24) is 0 Å². The summed E-state index contributed by atoms with van der Waals surface area (Å²) >= 11 is 0. The topological polar surface area (TPSA) is 66.8 Å². The van der Waals surface area contributed by atoms with Gasteiger partial charge in [0.05, 0.1) is 13.5 Å². The molecule has 0 saturated heterocycles. The van der Waals surface area contributed by atoms with Crippen LogP contribution in [0.2, 0.25) is 0 Å². The first kappa shape index (κ1) is 11.8. The first-order valence-electron chi connectivity index (χ1n) is 5.70. The van der Waals surface area contributed by atoms with Gasteiger partial charge < -0.3 is 14.9 Å². The van der Waals surface area contributed by atoms with Crippen molar-refractivity contribution in [3.63, 3.8) is 0 Å². The summed E-state index contributed by atoms with van der Waals surface area (Å²) in [6, 6.07) is 4.97. The standard InChI is InChI=1S/C13H16O4/c1-17-9-4-5-12(14)11(6-9)10(7-13(15)16)8-2-3-8/h4-6,8,10,14H,2-3,7H2,1H3,(H,15,16). The maximum absolute atomic E-state index is 10.9. The lowest BCUT2D eigenvalue weighted by molar-refractivity contribution is -0.137. The number of aromatic hydroxyl groups is 1. The number of carboxylic acids is 1. The summed E-state index contributed by atoms with van der Waals surface area (Å²) in [5.41, 5.74) is 0.689. The van der Waals surface area contributed by atoms with Crippen LogP contribution in [0.1, 0.15) is 30.7 Å². The molecule has 1 atom stereocenters. The molecule has 92 valence electrons. The molecule has 1 aliphatic carbocycles. The number of methoxy groups -OCH3 is 1. The third kappa shape index (κ3) is 2.70. The quantitative estimate of drug-likeness (QED) is 0.823. The Bertz CT molecular complexity index is 423. The summed E-state index contributed by atoms with van der Waals surface area (Å²) in [6.07, 6.45) is 2.13. The van der Waals surface area contributed by atoms with Gasteiger partial charge in [0.2, 0.25) is 0 Å². The van der Waals surface area contributed by atoms with E-state index < -0.39 is 5.97 Å². The monoisotopic (exact) mass is 236 g/mol. The molecule has 1 saturated carbocycles. The average Bonchev–Trinajstić information content (AvgIpc) is 3.10. The van der Waals surface area contributed by atoms with Crippen LogP contribution in [0.3, 0.4) is 0 Å². The van der Waals surface area contributed by atoms with E-state index in [0.29, 0.717) is 17.2 Å². The molecule has 1 aliphatic rings. The van der Waals surface area contributed by atoms with Gasteiger partial charge >= 0.3 is 5.97 Å². The predicted molar refractivity (Wildman–Crippen MR) is 62.4 cm³/mol. The Balaban J connectivity index is 2.30. The van der Waals surface area contributed by atoms with Gasteiger partial charge in [0.25, 0.3) is 0 Å². The zero-order valence-corrected chi connectivity index (χ0v) is 9.72. The number of carboxylic acid groups (broad SMARTS) is 1. The smallest absolute Gasteiger partial charge is 0.303 e. The second kappa shape index (κ2) is 4.65. The summed E-state index contributed by atoms with van der Waals surface area (Å²) < 4.78 is 5.11. The van der Waals surface area contributed by atoms with Crippen molar-refractivity contribution in [2.24, 2.45) is 5.92 Å². The number of rotatable bonds is 5. The molecule has 0 bridgehead atoms. The van der Waals surface area contributed by atoms with Gasteiger partial charge in [-0.3, -0.25) is 4.79 Å². The van der Waals surface area contributed by atoms with E-state index in [1.54, 1.807) is 25.3 Å². The molecule has 0 radical (unpaired) electrons. The number of benzene rings is 1. The lowest BCUT2D eigenvalue weighted by Crippen LogP contribution is -2.08. The van der Waals surface area contributed by atoms with E-state index in [9.17, 15) is 9.90 Å². The van der Waals surface area contributed by atoms with Crippen molar-refractivity contribution in [3.8, 4) is 11.5 Å². The van der Waals surface area contributed by atoms with Gasteiger partial charge in [-0.1, -0.05) is 0 Å². The van der Waals surface area contributed by atoms with Gasteiger partial charge in [-0.2, -0.15) is 0 Å². The maximum atomic E-state index is 10.9. The largest absolute Gasteiger partial charge is 0.508 e. The molecular weight excluding hydrogens is 220 g/mol. The highest BCUT2D eigenvalue weighted by Crippen LogP contribution is 2.47. The van der Waals surface area contributed by atoms with Gasteiger partial charge in [-0.25, -0.2) is 0 Å². The van der Waals surface area contributed by atoms with Crippen LogP contribution >= 0.6 is 0 Å². The number of phenols is 1. The molecule has 0 spiro atoms. The molecule has 4 nitrogen and oxygen atoms in total. The minimum atomic E-state index is -0.830. The van der Waals surface area contributed by atoms with Crippen LogP contribution in [0.25, 0.3) is 0 Å². The van der Waals surface area contributed by atoms with Crippen LogP contribution in [0.4, 0.5) is 0 Å². The first-order chi connectivity index (χ1) is 8.11. The molecule has 0 amide bonds. The van der Waals surface area contributed by atoms with Crippen LogP contribution in [-0.2, 0) is 4.79 Å². The van der Waals surface area contributed by atoms with Crippen molar-refractivity contribution in [2.75, 3.05) is 7.11 Å². The molecule has 4 heteroatoms. The third-order valence-electron chi connectivity index (χ3n) is 3.22. The number of hydrogen-bond acceptors (Lipinski definition) is 3. The Hall–Kier alpha value is -1.71. The van der Waals surface area contributed by atoms with Crippen LogP contribution in [0.15, 0.2) is 18.2 Å². The molecule has 0 aliphatic heterocycles. The average molecular weight is 236 g/mol. The molecule has 0 aromatic heterocycles. The summed E-state index contributed by atoms with van der Waals surface area (Å²) in [6.45, 7) is 0. The van der Waals surface area contributed by atoms with Crippen molar-refractivity contribution >= 4 is 5.97 Å². The maximum Gasteiger partial charge on any atom is 0.303 e. The van der Waals surface area contributed by atoms with E-state index in [-0.39, 0.29) is 18.1 Å². The molecule has 1 aromatic rings. The number of carbonyl (C=O) groups is 1. The van der Waals surface area contributed by atoms with E-state index in [2.05, 4.69) is 0 Å². The Kier molecular flexibility index (Phi) is 3.22. The van der Waals surface area contributed by atoms with Gasteiger partial charge in [0.1, 0.15) is 11.5 Å². The highest BCUT2D eigenvalue weighted by molar-refractivity contribution is 5.68. The van der Waals surface area contributed by atoms with Crippen LogP contribution in [0.5, 0.6) is 11.5 Å². The third-order valence-corrected chi connectivity index (χ3v) is 3.22. The second-order valence-corrected chi connectivity index (χ2v) is 4.47. The summed E-state index contributed by atoms with van der Waals surface area (Å²) in [7, 11) is 1.56. The molecule has 0 heterocycles. The fourth-order valence-electron chi connectivity index (χ4n) is 2.17. The van der Waals surface area contributed by atoms with E-state index >= 15 is 0 Å². The summed E-state index contributed by atoms with van der Waals surface area (Å²) in [5, 5.41) is 18.8. The van der Waals surface area contributed by atoms with Crippen molar-refractivity contribution in [2.45, 2.75) is 25.2 Å². The van der Waals surface area contributed by atoms with Crippen LogP contribution < -0.4 is 4.74 Å². The Morgan fingerprint density at radius 2 is 2.24 bits per heavy atom. The van der Waals surface area contributed by atoms with Crippen molar-refractivity contribution < 1.29 is 19.7 Å². The molecule has 1 fully saturated rings. The normalized spacial score (nSPS) is 16.5. The number of ether oxygens (including phenoxy) is 1. The zero-order valence-electron chi connectivity index (χ0n) is 9.72. The lowest BCUT2D eigenvalue weighted by atomic mass is 9.90. The molecule has 17 heavy (non-hydrogen) atoms. The number of phenolic OH excluding ortho intramolecular Hbond substituents is 1. The van der Waals surface area contributed by atoms with Gasteiger partial charge in [-0.05, 0) is 37.0 Å². The van der Waals surface area contributed by atoms with Crippen LogP contribution in [0, 0.1) is 5.92 Å². The van der Waals surface area contributed by atoms with Crippen molar-refractivity contribution in [1.29, 1.82) is 0 Å². The molecular formula is C13H16O4. The second-order valence-electron chi connectivity index (χ2n) is 4.47. The Labute approximate surface area is 99.8 Å². The van der Waals surface area contributed by atoms with E-state index in [0.717, 1.165) is 12.8 Å². The zero-order chi connectivity index (χ0) is 12.4. The minimum absolute atomic E-state index is 0.0609. The van der Waals surface area contributed by atoms with E-state index in [1.165, 1.54) is 0 Å². The van der Waals surface area contributed by atoms with Crippen LogP contribution in [-0.4, -0.2) is 23.3 Å². The van der Waals surface area contributed by atoms with E-state index in [4.69, 9.17) is 9.84 Å². The lowest BCUT2D eigenvalue weighted by Gasteiger charge is -2.16. The summed E-state index contributed by atoms with van der Waals surface area (Å²) in [5.74, 6) is 0.244. The summed E-state index contributed by atoms with van der Waals surface area (Å²) in [4.78, 5) is 10.9. The van der Waals surface area contributed by atoms with Crippen molar-refractivity contribution in [3.05, 3.63) is 23.8 Å². The fourth-order valence-corrected chi connectivity index (χ4v) is 2.17. The minimum Gasteiger partial charge on any atom is -0.508 e. The fraction of sp³-hybridized carbons (Fsp3) is 0.462. The molecule has 2 rings (SSSR count). The van der Waals surface area contributed by atoms with Gasteiger partial charge in [-0.15, -0.1) is 0 Å². The Morgan fingerprint density at radius 3 is 2.76 bits per heavy atom. The number of aliphatic carboxylic acids is 1. The predicted octanol–water partition coefficient (Wildman–Crippen LogP) is 2.37. The molecule has 1 aromatic carbocycles. The first-order valence-corrected chi connectivity index (χ1v) is 5.70. The molecule has 2 N–H and O–H groups in total. The SMILES string of the molecule is COc1ccc(O)c(C(CC(=O)O)C2CC2)c1. The highest BCUT2D eigenvalue weighted by atomic mass is 16.5.